The van der Waals surface area contributed by atoms with Crippen molar-refractivity contribution in [3.63, 3.8) is 0 Å². The maximum absolute atomic E-state index is 11.4. The minimum absolute atomic E-state index is 0.0690. The SMILES string of the molecule is CCN(Oc1ccc(Cl)cc1C)C(=O)CN. The number of hydrogen-bond acceptors (Lipinski definition) is 3. The molecule has 16 heavy (non-hydrogen) atoms. The monoisotopic (exact) mass is 242 g/mol. The quantitative estimate of drug-likeness (QED) is 0.819. The third-order valence-corrected chi connectivity index (χ3v) is 2.32. The van der Waals surface area contributed by atoms with Gasteiger partial charge in [0.2, 0.25) is 0 Å². The van der Waals surface area contributed by atoms with Crippen LogP contribution in [0.15, 0.2) is 18.2 Å². The number of nitrogens with zero attached hydrogens (tertiary/aromatic N) is 1. The van der Waals surface area contributed by atoms with E-state index in [9.17, 15) is 4.79 Å². The zero-order valence-electron chi connectivity index (χ0n) is 9.37. The number of likely N-dealkylation sites (N-methyl/N-ethyl adjacent to an activating group) is 1. The Bertz CT molecular complexity index is 382. The number of rotatable bonds is 4. The van der Waals surface area contributed by atoms with Gasteiger partial charge in [0.25, 0.3) is 5.91 Å². The van der Waals surface area contributed by atoms with Crippen LogP contribution in [0.25, 0.3) is 0 Å². The summed E-state index contributed by atoms with van der Waals surface area (Å²) in [4.78, 5) is 16.8. The molecule has 0 aliphatic carbocycles. The minimum Gasteiger partial charge on any atom is -0.377 e. The first-order valence-electron chi connectivity index (χ1n) is 5.03. The number of carbonyl (C=O) groups is 1. The Morgan fingerprint density at radius 2 is 2.25 bits per heavy atom. The number of nitrogens with two attached hydrogens (primary N) is 1. The van der Waals surface area contributed by atoms with E-state index < -0.39 is 0 Å². The van der Waals surface area contributed by atoms with Crippen LogP contribution in [0.5, 0.6) is 5.75 Å². The van der Waals surface area contributed by atoms with Crippen LogP contribution in [0.1, 0.15) is 12.5 Å². The van der Waals surface area contributed by atoms with Gasteiger partial charge in [-0.3, -0.25) is 4.79 Å². The molecule has 1 amide bonds. The number of aryl methyl sites for hydroxylation is 1. The molecule has 0 radical (unpaired) electrons. The van der Waals surface area contributed by atoms with Gasteiger partial charge in [-0.05, 0) is 37.6 Å². The molecule has 1 aromatic rings. The second-order valence-corrected chi connectivity index (χ2v) is 3.73. The topological polar surface area (TPSA) is 55.6 Å². The van der Waals surface area contributed by atoms with Crippen LogP contribution in [-0.2, 0) is 4.79 Å². The number of hydroxylamine groups is 2. The molecular weight excluding hydrogens is 228 g/mol. The Hall–Kier alpha value is -1.26. The Kier molecular flexibility index (Phi) is 4.58. The van der Waals surface area contributed by atoms with E-state index in [-0.39, 0.29) is 12.5 Å². The number of amides is 1. The van der Waals surface area contributed by atoms with Crippen LogP contribution in [0.2, 0.25) is 5.02 Å². The van der Waals surface area contributed by atoms with Gasteiger partial charge in [-0.25, -0.2) is 0 Å². The fourth-order valence-electron chi connectivity index (χ4n) is 1.23. The summed E-state index contributed by atoms with van der Waals surface area (Å²) in [5.74, 6) is 0.352. The second kappa shape index (κ2) is 5.72. The maximum Gasteiger partial charge on any atom is 0.268 e. The average molecular weight is 243 g/mol. The fourth-order valence-corrected chi connectivity index (χ4v) is 1.45. The van der Waals surface area contributed by atoms with Crippen molar-refractivity contribution in [3.05, 3.63) is 28.8 Å². The first kappa shape index (κ1) is 12.8. The molecule has 4 nitrogen and oxygen atoms in total. The van der Waals surface area contributed by atoms with E-state index in [4.69, 9.17) is 22.2 Å². The predicted octanol–water partition coefficient (Wildman–Crippen LogP) is 1.75. The average Bonchev–Trinajstić information content (AvgIpc) is 2.27. The van der Waals surface area contributed by atoms with E-state index in [1.54, 1.807) is 18.2 Å². The molecule has 0 aliphatic rings. The van der Waals surface area contributed by atoms with Gasteiger partial charge in [0.1, 0.15) is 0 Å². The summed E-state index contributed by atoms with van der Waals surface area (Å²) in [5.41, 5.74) is 6.14. The lowest BCUT2D eigenvalue weighted by molar-refractivity contribution is -0.154. The van der Waals surface area contributed by atoms with E-state index in [2.05, 4.69) is 0 Å². The van der Waals surface area contributed by atoms with Gasteiger partial charge >= 0.3 is 0 Å². The summed E-state index contributed by atoms with van der Waals surface area (Å²) in [6.45, 7) is 4.05. The minimum atomic E-state index is -0.253. The van der Waals surface area contributed by atoms with Gasteiger partial charge in [-0.2, -0.15) is 5.06 Å². The highest BCUT2D eigenvalue weighted by molar-refractivity contribution is 6.30. The fraction of sp³-hybridized carbons (Fsp3) is 0.364. The molecule has 0 saturated heterocycles. The molecule has 88 valence electrons. The first-order chi connectivity index (χ1) is 7.58. The predicted molar refractivity (Wildman–Crippen MR) is 63.3 cm³/mol. The molecule has 0 bridgehead atoms. The highest BCUT2D eigenvalue weighted by atomic mass is 35.5. The number of benzene rings is 1. The van der Waals surface area contributed by atoms with Crippen LogP contribution in [0, 0.1) is 6.92 Å². The second-order valence-electron chi connectivity index (χ2n) is 3.29. The van der Waals surface area contributed by atoms with Gasteiger partial charge in [0.15, 0.2) is 5.75 Å². The summed E-state index contributed by atoms with van der Waals surface area (Å²) >= 11 is 5.82. The molecule has 1 rings (SSSR count). The maximum atomic E-state index is 11.4. The zero-order chi connectivity index (χ0) is 12.1. The summed E-state index contributed by atoms with van der Waals surface area (Å²) in [6.07, 6.45) is 0. The number of carbonyl (C=O) groups excluding carboxylic acids is 1. The first-order valence-corrected chi connectivity index (χ1v) is 5.40. The highest BCUT2D eigenvalue weighted by Crippen LogP contribution is 2.22. The third-order valence-electron chi connectivity index (χ3n) is 2.09. The Morgan fingerprint density at radius 1 is 1.56 bits per heavy atom. The molecule has 0 saturated carbocycles. The van der Waals surface area contributed by atoms with Crippen molar-refractivity contribution in [2.75, 3.05) is 13.1 Å². The van der Waals surface area contributed by atoms with Gasteiger partial charge in [0.05, 0.1) is 13.1 Å². The highest BCUT2D eigenvalue weighted by Gasteiger charge is 2.12. The Balaban J connectivity index is 2.82. The summed E-state index contributed by atoms with van der Waals surface area (Å²) in [6, 6.07) is 5.21. The lowest BCUT2D eigenvalue weighted by Crippen LogP contribution is -2.38. The van der Waals surface area contributed by atoms with Gasteiger partial charge < -0.3 is 10.6 Å². The lowest BCUT2D eigenvalue weighted by atomic mass is 10.2. The van der Waals surface area contributed by atoms with Gasteiger partial charge in [-0.15, -0.1) is 0 Å². The van der Waals surface area contributed by atoms with E-state index in [1.807, 2.05) is 13.8 Å². The van der Waals surface area contributed by atoms with E-state index in [1.165, 1.54) is 5.06 Å². The van der Waals surface area contributed by atoms with Crippen molar-refractivity contribution in [1.29, 1.82) is 0 Å². The number of halogens is 1. The third kappa shape index (κ3) is 3.12. The van der Waals surface area contributed by atoms with Crippen LogP contribution in [0.3, 0.4) is 0 Å². The van der Waals surface area contributed by atoms with E-state index in [0.29, 0.717) is 17.3 Å². The van der Waals surface area contributed by atoms with Crippen LogP contribution in [-0.4, -0.2) is 24.1 Å². The Labute approximate surface area is 99.9 Å². The summed E-state index contributed by atoms with van der Waals surface area (Å²) in [5, 5.41) is 1.87. The molecule has 0 heterocycles. The molecule has 0 fully saturated rings. The molecule has 1 aromatic carbocycles. The van der Waals surface area contributed by atoms with E-state index >= 15 is 0 Å². The lowest BCUT2D eigenvalue weighted by Gasteiger charge is -2.21. The van der Waals surface area contributed by atoms with Crippen molar-refractivity contribution in [1.82, 2.24) is 5.06 Å². The van der Waals surface area contributed by atoms with E-state index in [0.717, 1.165) is 5.56 Å². The molecule has 0 spiro atoms. The van der Waals surface area contributed by atoms with Gasteiger partial charge in [-0.1, -0.05) is 11.6 Å². The zero-order valence-corrected chi connectivity index (χ0v) is 10.1. The molecule has 0 unspecified atom stereocenters. The van der Waals surface area contributed by atoms with Gasteiger partial charge in [0, 0.05) is 5.02 Å². The van der Waals surface area contributed by atoms with Crippen molar-refractivity contribution in [3.8, 4) is 5.75 Å². The number of hydrogen-bond donors (Lipinski definition) is 1. The summed E-state index contributed by atoms with van der Waals surface area (Å²) in [7, 11) is 0. The summed E-state index contributed by atoms with van der Waals surface area (Å²) < 4.78 is 0. The largest absolute Gasteiger partial charge is 0.377 e. The van der Waals surface area contributed by atoms with Crippen molar-refractivity contribution < 1.29 is 9.63 Å². The molecule has 0 atom stereocenters. The van der Waals surface area contributed by atoms with Crippen LogP contribution >= 0.6 is 11.6 Å². The molecular formula is C11H15ClN2O2. The van der Waals surface area contributed by atoms with Crippen LogP contribution < -0.4 is 10.6 Å². The standard InChI is InChI=1S/C11H15ClN2O2/c1-3-14(11(15)7-13)16-10-5-4-9(12)6-8(10)2/h4-6H,3,7,13H2,1-2H3. The molecule has 0 aliphatic heterocycles. The van der Waals surface area contributed by atoms with Crippen molar-refractivity contribution in [2.45, 2.75) is 13.8 Å². The molecule has 2 N–H and O–H groups in total. The molecule has 5 heteroatoms. The smallest absolute Gasteiger partial charge is 0.268 e. The van der Waals surface area contributed by atoms with Crippen LogP contribution in [0.4, 0.5) is 0 Å². The molecule has 0 aromatic heterocycles. The normalized spacial score (nSPS) is 10.0. The van der Waals surface area contributed by atoms with Crippen molar-refractivity contribution >= 4 is 17.5 Å². The Morgan fingerprint density at radius 3 is 2.75 bits per heavy atom. The van der Waals surface area contributed by atoms with Crippen molar-refractivity contribution in [2.24, 2.45) is 5.73 Å².